The summed E-state index contributed by atoms with van der Waals surface area (Å²) in [4.78, 5) is 20.3. The van der Waals surface area contributed by atoms with Crippen LogP contribution >= 0.6 is 0 Å². The third kappa shape index (κ3) is 3.46. The number of piperazine rings is 1. The molecule has 3 heterocycles. The van der Waals surface area contributed by atoms with Crippen molar-refractivity contribution in [2.45, 2.75) is 32.7 Å². The average Bonchev–Trinajstić information content (AvgIpc) is 3.13. The van der Waals surface area contributed by atoms with Gasteiger partial charge in [-0.3, -0.25) is 4.79 Å². The second kappa shape index (κ2) is 7.83. The number of pyridine rings is 1. The first-order valence-corrected chi connectivity index (χ1v) is 9.92. The summed E-state index contributed by atoms with van der Waals surface area (Å²) in [6, 6.07) is 9.62. The predicted molar refractivity (Wildman–Crippen MR) is 110 cm³/mol. The van der Waals surface area contributed by atoms with Crippen LogP contribution in [-0.4, -0.2) is 47.7 Å². The number of para-hydroxylation sites is 1. The quantitative estimate of drug-likeness (QED) is 0.730. The number of fused-ring (bicyclic) bond motifs is 1. The molecule has 0 spiro atoms. The monoisotopic (exact) mass is 394 g/mol. The Labute approximate surface area is 170 Å². The SMILES string of the molecule is COc1ccccc1C1CNCCN1C(=O)c1cc(C(C)C)nc2onc(C)c12. The van der Waals surface area contributed by atoms with Gasteiger partial charge in [-0.2, -0.15) is 0 Å². The molecule has 1 fully saturated rings. The minimum absolute atomic E-state index is 0.0389. The maximum absolute atomic E-state index is 13.8. The third-order valence-electron chi connectivity index (χ3n) is 5.46. The molecule has 1 atom stereocenters. The number of carbonyl (C=O) groups is 1. The van der Waals surface area contributed by atoms with Crippen molar-refractivity contribution in [2.24, 2.45) is 0 Å². The number of nitrogens with zero attached hydrogens (tertiary/aromatic N) is 3. The minimum Gasteiger partial charge on any atom is -0.496 e. The first-order chi connectivity index (χ1) is 14.0. The van der Waals surface area contributed by atoms with Crippen LogP contribution in [0.5, 0.6) is 5.75 Å². The van der Waals surface area contributed by atoms with Gasteiger partial charge in [0.2, 0.25) is 0 Å². The molecule has 1 N–H and O–H groups in total. The number of methoxy groups -OCH3 is 1. The van der Waals surface area contributed by atoms with Crippen LogP contribution in [0.25, 0.3) is 11.1 Å². The van der Waals surface area contributed by atoms with Crippen molar-refractivity contribution in [3.05, 3.63) is 52.8 Å². The summed E-state index contributed by atoms with van der Waals surface area (Å²) in [7, 11) is 1.66. The molecule has 2 aromatic heterocycles. The fourth-order valence-corrected chi connectivity index (χ4v) is 3.90. The Morgan fingerprint density at radius 3 is 2.90 bits per heavy atom. The number of ether oxygens (including phenoxy) is 1. The van der Waals surface area contributed by atoms with E-state index in [4.69, 9.17) is 9.26 Å². The molecule has 0 aliphatic carbocycles. The lowest BCUT2D eigenvalue weighted by atomic mass is 9.99. The van der Waals surface area contributed by atoms with Crippen LogP contribution in [-0.2, 0) is 0 Å². The molecule has 1 aliphatic heterocycles. The summed E-state index contributed by atoms with van der Waals surface area (Å²) in [5.41, 5.74) is 3.50. The fourth-order valence-electron chi connectivity index (χ4n) is 3.90. The van der Waals surface area contributed by atoms with Gasteiger partial charge >= 0.3 is 0 Å². The molecule has 7 heteroatoms. The number of benzene rings is 1. The van der Waals surface area contributed by atoms with E-state index in [1.165, 1.54) is 0 Å². The summed E-state index contributed by atoms with van der Waals surface area (Å²) < 4.78 is 11.0. The molecule has 0 radical (unpaired) electrons. The van der Waals surface area contributed by atoms with E-state index in [9.17, 15) is 4.79 Å². The van der Waals surface area contributed by atoms with Gasteiger partial charge in [0.05, 0.1) is 29.8 Å². The lowest BCUT2D eigenvalue weighted by molar-refractivity contribution is 0.0633. The highest BCUT2D eigenvalue weighted by atomic mass is 16.5. The van der Waals surface area contributed by atoms with Crippen LogP contribution in [0, 0.1) is 6.92 Å². The molecular formula is C22H26N4O3. The molecule has 3 aromatic rings. The third-order valence-corrected chi connectivity index (χ3v) is 5.46. The molecular weight excluding hydrogens is 368 g/mol. The molecule has 4 rings (SSSR count). The maximum Gasteiger partial charge on any atom is 0.259 e. The summed E-state index contributed by atoms with van der Waals surface area (Å²) >= 11 is 0. The second-order valence-electron chi connectivity index (χ2n) is 7.66. The smallest absolute Gasteiger partial charge is 0.259 e. The van der Waals surface area contributed by atoms with E-state index < -0.39 is 0 Å². The fraction of sp³-hybridized carbons (Fsp3) is 0.409. The Hall–Kier alpha value is -2.93. The van der Waals surface area contributed by atoms with Gasteiger partial charge in [-0.15, -0.1) is 0 Å². The molecule has 0 saturated carbocycles. The van der Waals surface area contributed by atoms with Gasteiger partial charge in [-0.25, -0.2) is 4.98 Å². The van der Waals surface area contributed by atoms with E-state index >= 15 is 0 Å². The largest absolute Gasteiger partial charge is 0.496 e. The standard InChI is InChI=1S/C22H26N4O3/c1-13(2)17-11-16(20-14(3)25-29-21(20)24-17)22(27)26-10-9-23-12-18(26)15-7-5-6-8-19(15)28-4/h5-8,11,13,18,23H,9-10,12H2,1-4H3. The molecule has 1 saturated heterocycles. The Bertz CT molecular complexity index is 1040. The molecule has 1 amide bonds. The van der Waals surface area contributed by atoms with Gasteiger partial charge in [0.25, 0.3) is 11.6 Å². The number of carbonyl (C=O) groups excluding carboxylic acids is 1. The van der Waals surface area contributed by atoms with Crippen LogP contribution in [0.4, 0.5) is 0 Å². The van der Waals surface area contributed by atoms with Crippen LogP contribution in [0.1, 0.15) is 53.1 Å². The van der Waals surface area contributed by atoms with Gasteiger partial charge < -0.3 is 19.5 Å². The van der Waals surface area contributed by atoms with E-state index in [0.717, 1.165) is 23.6 Å². The topological polar surface area (TPSA) is 80.5 Å². The lowest BCUT2D eigenvalue weighted by Gasteiger charge is -2.37. The lowest BCUT2D eigenvalue weighted by Crippen LogP contribution is -2.48. The van der Waals surface area contributed by atoms with Gasteiger partial charge in [0.1, 0.15) is 5.75 Å². The van der Waals surface area contributed by atoms with Crippen LogP contribution in [0.3, 0.4) is 0 Å². The average molecular weight is 394 g/mol. The van der Waals surface area contributed by atoms with Gasteiger partial charge in [-0.1, -0.05) is 37.2 Å². The molecule has 1 aliphatic rings. The summed E-state index contributed by atoms with van der Waals surface area (Å²) in [6.07, 6.45) is 0. The molecule has 1 aromatic carbocycles. The Morgan fingerprint density at radius 1 is 1.34 bits per heavy atom. The highest BCUT2D eigenvalue weighted by Crippen LogP contribution is 2.33. The van der Waals surface area contributed by atoms with Crippen molar-refractivity contribution < 1.29 is 14.1 Å². The molecule has 29 heavy (non-hydrogen) atoms. The molecule has 1 unspecified atom stereocenters. The first-order valence-electron chi connectivity index (χ1n) is 9.92. The maximum atomic E-state index is 13.8. The second-order valence-corrected chi connectivity index (χ2v) is 7.66. The zero-order valence-electron chi connectivity index (χ0n) is 17.2. The van der Waals surface area contributed by atoms with Gasteiger partial charge in [0, 0.05) is 30.9 Å². The highest BCUT2D eigenvalue weighted by molar-refractivity contribution is 6.06. The normalized spacial score (nSPS) is 17.1. The first kappa shape index (κ1) is 19.4. The Balaban J connectivity index is 1.81. The van der Waals surface area contributed by atoms with E-state index in [2.05, 4.69) is 15.5 Å². The number of hydrogen-bond donors (Lipinski definition) is 1. The van der Waals surface area contributed by atoms with E-state index in [-0.39, 0.29) is 17.9 Å². The number of amides is 1. The van der Waals surface area contributed by atoms with Crippen molar-refractivity contribution in [1.82, 2.24) is 20.4 Å². The summed E-state index contributed by atoms with van der Waals surface area (Å²) in [5, 5.41) is 8.14. The van der Waals surface area contributed by atoms with Gasteiger partial charge in [-0.05, 0) is 25.0 Å². The molecule has 152 valence electrons. The number of aromatic nitrogens is 2. The zero-order chi connectivity index (χ0) is 20.5. The van der Waals surface area contributed by atoms with Crippen molar-refractivity contribution >= 4 is 17.0 Å². The zero-order valence-corrected chi connectivity index (χ0v) is 17.2. The number of aryl methyl sites for hydroxylation is 1. The van der Waals surface area contributed by atoms with Gasteiger partial charge in [0.15, 0.2) is 0 Å². The van der Waals surface area contributed by atoms with Crippen molar-refractivity contribution in [3.8, 4) is 5.75 Å². The van der Waals surface area contributed by atoms with E-state index in [1.54, 1.807) is 7.11 Å². The van der Waals surface area contributed by atoms with Crippen LogP contribution in [0.15, 0.2) is 34.9 Å². The van der Waals surface area contributed by atoms with Crippen LogP contribution < -0.4 is 10.1 Å². The molecule has 0 bridgehead atoms. The predicted octanol–water partition coefficient (Wildman–Crippen LogP) is 3.45. The molecule has 7 nitrogen and oxygen atoms in total. The summed E-state index contributed by atoms with van der Waals surface area (Å²) in [5.74, 6) is 0.912. The van der Waals surface area contributed by atoms with Crippen molar-refractivity contribution in [1.29, 1.82) is 0 Å². The number of rotatable bonds is 4. The summed E-state index contributed by atoms with van der Waals surface area (Å²) in [6.45, 7) is 7.95. The van der Waals surface area contributed by atoms with Crippen molar-refractivity contribution in [2.75, 3.05) is 26.7 Å². The van der Waals surface area contributed by atoms with E-state index in [1.807, 2.05) is 56.0 Å². The minimum atomic E-state index is -0.127. The highest BCUT2D eigenvalue weighted by Gasteiger charge is 2.32. The Kier molecular flexibility index (Phi) is 5.24. The van der Waals surface area contributed by atoms with Crippen molar-refractivity contribution in [3.63, 3.8) is 0 Å². The number of nitrogens with one attached hydrogen (secondary N) is 1. The van der Waals surface area contributed by atoms with Crippen LogP contribution in [0.2, 0.25) is 0 Å². The number of hydrogen-bond acceptors (Lipinski definition) is 6. The van der Waals surface area contributed by atoms with E-state index in [0.29, 0.717) is 35.4 Å². The Morgan fingerprint density at radius 2 is 2.14 bits per heavy atom.